The number of nitrogens with one attached hydrogen (secondary N) is 2. The average molecular weight is 485 g/mol. The fourth-order valence-corrected chi connectivity index (χ4v) is 4.78. The lowest BCUT2D eigenvalue weighted by Crippen LogP contribution is -2.45. The summed E-state index contributed by atoms with van der Waals surface area (Å²) in [7, 11) is 2.15. The van der Waals surface area contributed by atoms with Crippen molar-refractivity contribution in [2.75, 3.05) is 55.3 Å². The van der Waals surface area contributed by atoms with Gasteiger partial charge in [0.05, 0.1) is 0 Å². The van der Waals surface area contributed by atoms with Crippen LogP contribution in [0.1, 0.15) is 25.6 Å². The van der Waals surface area contributed by atoms with E-state index in [9.17, 15) is 0 Å². The molecule has 33 heavy (non-hydrogen) atoms. The van der Waals surface area contributed by atoms with E-state index in [0.29, 0.717) is 23.0 Å². The predicted molar refractivity (Wildman–Crippen MR) is 138 cm³/mol. The Bertz CT molecular complexity index is 1030. The maximum Gasteiger partial charge on any atom is 0.234 e. The summed E-state index contributed by atoms with van der Waals surface area (Å²) in [6.45, 7) is 11.3. The van der Waals surface area contributed by atoms with Gasteiger partial charge in [0.25, 0.3) is 0 Å². The zero-order valence-corrected chi connectivity index (χ0v) is 21.3. The zero-order chi connectivity index (χ0) is 23.2. The van der Waals surface area contributed by atoms with Crippen LogP contribution in [-0.4, -0.2) is 64.6 Å². The summed E-state index contributed by atoms with van der Waals surface area (Å²) in [6.07, 6.45) is 2.87. The van der Waals surface area contributed by atoms with Crippen LogP contribution in [0.25, 0.3) is 0 Å². The Hall–Kier alpha value is -2.43. The second kappa shape index (κ2) is 11.1. The Balaban J connectivity index is 1.54. The number of piperazine rings is 1. The molecule has 0 amide bonds. The van der Waals surface area contributed by atoms with E-state index in [2.05, 4.69) is 77.5 Å². The molecule has 0 radical (unpaired) electrons. The minimum absolute atomic E-state index is 0.536. The molecule has 0 spiro atoms. The lowest BCUT2D eigenvalue weighted by molar-refractivity contribution is 0.311. The standard InChI is InChI=1S/C23H32N8S2/c1-5-18-15-25-22(32-18)27-20-26-21(31-12-10-30(4)11-13-31)29-23(28-20)33-19-8-6-17(7-9-19)24-14-16(2)3/h6-9,15-16,24H,5,10-14H2,1-4H3,(H,25,26,27,28,29). The number of aryl methyl sites for hydroxylation is 1. The van der Waals surface area contributed by atoms with Crippen molar-refractivity contribution in [2.24, 2.45) is 5.92 Å². The topological polar surface area (TPSA) is 82.1 Å². The Morgan fingerprint density at radius 2 is 1.82 bits per heavy atom. The van der Waals surface area contributed by atoms with Crippen LogP contribution >= 0.6 is 23.1 Å². The van der Waals surface area contributed by atoms with E-state index in [4.69, 9.17) is 15.0 Å². The van der Waals surface area contributed by atoms with Gasteiger partial charge in [-0.05, 0) is 55.4 Å². The van der Waals surface area contributed by atoms with Gasteiger partial charge in [0, 0.05) is 54.4 Å². The van der Waals surface area contributed by atoms with Crippen molar-refractivity contribution in [3.63, 3.8) is 0 Å². The highest BCUT2D eigenvalue weighted by molar-refractivity contribution is 7.99. The number of anilines is 4. The molecule has 3 heterocycles. The van der Waals surface area contributed by atoms with Crippen molar-refractivity contribution < 1.29 is 0 Å². The second-order valence-corrected chi connectivity index (χ2v) is 10.7. The summed E-state index contributed by atoms with van der Waals surface area (Å²) in [5.41, 5.74) is 1.12. The third-order valence-electron chi connectivity index (χ3n) is 5.29. The molecule has 0 aliphatic carbocycles. The lowest BCUT2D eigenvalue weighted by atomic mass is 10.2. The van der Waals surface area contributed by atoms with Gasteiger partial charge in [-0.3, -0.25) is 5.32 Å². The molecule has 0 atom stereocenters. The summed E-state index contributed by atoms with van der Waals surface area (Å²) >= 11 is 3.18. The minimum atomic E-state index is 0.536. The maximum atomic E-state index is 4.80. The fraction of sp³-hybridized carbons (Fsp3) is 0.478. The van der Waals surface area contributed by atoms with Crippen LogP contribution in [0, 0.1) is 5.92 Å². The highest BCUT2D eigenvalue weighted by Crippen LogP contribution is 2.29. The summed E-state index contributed by atoms with van der Waals surface area (Å²) in [5, 5.41) is 8.23. The summed E-state index contributed by atoms with van der Waals surface area (Å²) < 4.78 is 0. The SMILES string of the molecule is CCc1cnc(Nc2nc(Sc3ccc(NCC(C)C)cc3)nc(N3CCN(C)CC3)n2)s1. The van der Waals surface area contributed by atoms with Crippen molar-refractivity contribution in [1.82, 2.24) is 24.8 Å². The van der Waals surface area contributed by atoms with Crippen molar-refractivity contribution >= 4 is 45.8 Å². The van der Waals surface area contributed by atoms with Gasteiger partial charge >= 0.3 is 0 Å². The molecule has 1 fully saturated rings. The first-order valence-corrected chi connectivity index (χ1v) is 13.0. The van der Waals surface area contributed by atoms with Crippen LogP contribution in [0.5, 0.6) is 0 Å². The number of thiazole rings is 1. The van der Waals surface area contributed by atoms with E-state index >= 15 is 0 Å². The van der Waals surface area contributed by atoms with E-state index in [1.807, 2.05) is 6.20 Å². The van der Waals surface area contributed by atoms with Crippen LogP contribution in [-0.2, 0) is 6.42 Å². The molecule has 1 saturated heterocycles. The van der Waals surface area contributed by atoms with Gasteiger partial charge in [0.1, 0.15) is 0 Å². The molecule has 0 bridgehead atoms. The Kier molecular flexibility index (Phi) is 8.00. The molecule has 2 aromatic heterocycles. The minimum Gasteiger partial charge on any atom is -0.385 e. The quantitative estimate of drug-likeness (QED) is 0.452. The summed E-state index contributed by atoms with van der Waals surface area (Å²) in [6, 6.07) is 8.42. The van der Waals surface area contributed by atoms with E-state index < -0.39 is 0 Å². The maximum absolute atomic E-state index is 4.80. The van der Waals surface area contributed by atoms with Crippen LogP contribution in [0.2, 0.25) is 0 Å². The fourth-order valence-electron chi connectivity index (χ4n) is 3.29. The van der Waals surface area contributed by atoms with Gasteiger partial charge in [-0.1, -0.05) is 20.8 Å². The normalized spacial score (nSPS) is 14.6. The lowest BCUT2D eigenvalue weighted by Gasteiger charge is -2.32. The number of rotatable bonds is 9. The third-order valence-corrected chi connectivity index (χ3v) is 7.22. The van der Waals surface area contributed by atoms with Crippen molar-refractivity contribution in [3.8, 4) is 0 Å². The molecule has 176 valence electrons. The van der Waals surface area contributed by atoms with Gasteiger partial charge in [-0.25, -0.2) is 4.98 Å². The molecule has 0 unspecified atom stereocenters. The van der Waals surface area contributed by atoms with Crippen LogP contribution in [0.4, 0.5) is 22.7 Å². The molecule has 1 aliphatic heterocycles. The Labute approximate surface area is 204 Å². The highest BCUT2D eigenvalue weighted by atomic mass is 32.2. The van der Waals surface area contributed by atoms with Crippen LogP contribution in [0.15, 0.2) is 40.5 Å². The van der Waals surface area contributed by atoms with E-state index in [0.717, 1.165) is 54.9 Å². The Morgan fingerprint density at radius 1 is 1.06 bits per heavy atom. The van der Waals surface area contributed by atoms with Crippen molar-refractivity contribution in [2.45, 2.75) is 37.2 Å². The monoisotopic (exact) mass is 484 g/mol. The van der Waals surface area contributed by atoms with Gasteiger partial charge in [-0.2, -0.15) is 15.0 Å². The predicted octanol–water partition coefficient (Wildman–Crippen LogP) is 4.61. The van der Waals surface area contributed by atoms with Crippen LogP contribution in [0.3, 0.4) is 0 Å². The molecular formula is C23H32N8S2. The van der Waals surface area contributed by atoms with Gasteiger partial charge in [-0.15, -0.1) is 11.3 Å². The van der Waals surface area contributed by atoms with E-state index in [1.54, 1.807) is 23.1 Å². The average Bonchev–Trinajstić information content (AvgIpc) is 3.26. The number of nitrogens with zero attached hydrogens (tertiary/aromatic N) is 6. The van der Waals surface area contributed by atoms with E-state index in [1.165, 1.54) is 4.88 Å². The zero-order valence-electron chi connectivity index (χ0n) is 19.7. The summed E-state index contributed by atoms with van der Waals surface area (Å²) in [5.74, 6) is 1.86. The molecular weight excluding hydrogens is 452 g/mol. The van der Waals surface area contributed by atoms with Crippen molar-refractivity contribution in [1.29, 1.82) is 0 Å². The summed E-state index contributed by atoms with van der Waals surface area (Å²) in [4.78, 5) is 25.6. The van der Waals surface area contributed by atoms with Gasteiger partial charge < -0.3 is 15.1 Å². The molecule has 1 aromatic carbocycles. The first-order chi connectivity index (χ1) is 16.0. The molecule has 4 rings (SSSR count). The Morgan fingerprint density at radius 3 is 2.48 bits per heavy atom. The second-order valence-electron chi connectivity index (χ2n) is 8.54. The first kappa shape index (κ1) is 23.7. The third kappa shape index (κ3) is 6.78. The smallest absolute Gasteiger partial charge is 0.234 e. The molecule has 0 saturated carbocycles. The highest BCUT2D eigenvalue weighted by Gasteiger charge is 2.19. The number of hydrogen-bond acceptors (Lipinski definition) is 10. The first-order valence-electron chi connectivity index (χ1n) is 11.4. The molecule has 1 aliphatic rings. The molecule has 10 heteroatoms. The number of aromatic nitrogens is 4. The number of likely N-dealkylation sites (N-methyl/N-ethyl adjacent to an activating group) is 1. The van der Waals surface area contributed by atoms with E-state index in [-0.39, 0.29) is 0 Å². The van der Waals surface area contributed by atoms with Crippen molar-refractivity contribution in [3.05, 3.63) is 35.3 Å². The van der Waals surface area contributed by atoms with Crippen LogP contribution < -0.4 is 15.5 Å². The van der Waals surface area contributed by atoms with Gasteiger partial charge in [0.2, 0.25) is 11.9 Å². The molecule has 8 nitrogen and oxygen atoms in total. The largest absolute Gasteiger partial charge is 0.385 e. The number of hydrogen-bond donors (Lipinski definition) is 2. The number of benzene rings is 1. The molecule has 3 aromatic rings. The molecule has 2 N–H and O–H groups in total. The van der Waals surface area contributed by atoms with Gasteiger partial charge in [0.15, 0.2) is 10.3 Å².